The molecule has 0 radical (unpaired) electrons. The summed E-state index contributed by atoms with van der Waals surface area (Å²) >= 11 is 6.00. The van der Waals surface area contributed by atoms with E-state index in [0.717, 1.165) is 5.56 Å². The fourth-order valence-electron chi connectivity index (χ4n) is 1.88. The summed E-state index contributed by atoms with van der Waals surface area (Å²) in [6.45, 7) is 3.99. The van der Waals surface area contributed by atoms with Gasteiger partial charge in [0.15, 0.2) is 0 Å². The van der Waals surface area contributed by atoms with Gasteiger partial charge in [-0.15, -0.1) is 0 Å². The molecule has 4 N–H and O–H groups in total. The number of hydrogen-bond acceptors (Lipinski definition) is 5. The molecule has 2 aromatic rings. The second-order valence-corrected chi connectivity index (χ2v) is 4.94. The molecule has 0 aliphatic carbocycles. The van der Waals surface area contributed by atoms with E-state index >= 15 is 0 Å². The van der Waals surface area contributed by atoms with Crippen LogP contribution < -0.4 is 16.6 Å². The van der Waals surface area contributed by atoms with Crippen molar-refractivity contribution in [3.63, 3.8) is 0 Å². The Balaban J connectivity index is 2.43. The molecule has 0 bridgehead atoms. The second-order valence-electron chi connectivity index (χ2n) is 4.53. The summed E-state index contributed by atoms with van der Waals surface area (Å²) in [6, 6.07) is 4.12. The first kappa shape index (κ1) is 14.5. The van der Waals surface area contributed by atoms with Crippen LogP contribution in [0.1, 0.15) is 25.3 Å². The van der Waals surface area contributed by atoms with Gasteiger partial charge in [0.2, 0.25) is 0 Å². The fraction of sp³-hybridized carbons (Fsp3) is 0.231. The van der Waals surface area contributed by atoms with Gasteiger partial charge in [-0.05, 0) is 24.1 Å². The SMILES string of the molecule is CC(C)c1c(NN)ncnc1Nc1ccc(F)cc1Cl. The third-order valence-electron chi connectivity index (χ3n) is 2.78. The van der Waals surface area contributed by atoms with Crippen LogP contribution in [0.2, 0.25) is 5.02 Å². The number of aromatic nitrogens is 2. The molecule has 0 saturated heterocycles. The maximum atomic E-state index is 13.0. The molecule has 0 atom stereocenters. The van der Waals surface area contributed by atoms with Crippen molar-refractivity contribution >= 4 is 28.9 Å². The lowest BCUT2D eigenvalue weighted by molar-refractivity contribution is 0.628. The number of benzene rings is 1. The molecule has 0 fully saturated rings. The van der Waals surface area contributed by atoms with Gasteiger partial charge in [0.25, 0.3) is 0 Å². The average molecular weight is 296 g/mol. The van der Waals surface area contributed by atoms with E-state index < -0.39 is 5.82 Å². The molecule has 2 rings (SSSR count). The number of nitrogen functional groups attached to an aromatic ring is 1. The number of rotatable bonds is 4. The lowest BCUT2D eigenvalue weighted by atomic mass is 10.0. The Morgan fingerprint density at radius 3 is 2.55 bits per heavy atom. The van der Waals surface area contributed by atoms with E-state index in [4.69, 9.17) is 17.4 Å². The Hall–Kier alpha value is -1.92. The van der Waals surface area contributed by atoms with Crippen molar-refractivity contribution < 1.29 is 4.39 Å². The predicted molar refractivity (Wildman–Crippen MR) is 78.6 cm³/mol. The van der Waals surface area contributed by atoms with E-state index in [-0.39, 0.29) is 10.9 Å². The summed E-state index contributed by atoms with van der Waals surface area (Å²) in [5.74, 6) is 6.33. The lowest BCUT2D eigenvalue weighted by Crippen LogP contribution is -2.14. The van der Waals surface area contributed by atoms with E-state index in [1.54, 1.807) is 6.07 Å². The van der Waals surface area contributed by atoms with Crippen LogP contribution in [0.3, 0.4) is 0 Å². The quantitative estimate of drug-likeness (QED) is 0.595. The summed E-state index contributed by atoms with van der Waals surface area (Å²) in [4.78, 5) is 8.27. The Kier molecular flexibility index (Phi) is 4.36. The molecule has 106 valence electrons. The van der Waals surface area contributed by atoms with Crippen LogP contribution in [-0.2, 0) is 0 Å². The normalized spacial score (nSPS) is 10.7. The predicted octanol–water partition coefficient (Wildman–Crippen LogP) is 3.42. The topological polar surface area (TPSA) is 75.9 Å². The molecule has 5 nitrogen and oxygen atoms in total. The van der Waals surface area contributed by atoms with Crippen molar-refractivity contribution in [1.29, 1.82) is 0 Å². The number of anilines is 3. The zero-order valence-electron chi connectivity index (χ0n) is 11.1. The van der Waals surface area contributed by atoms with Crippen LogP contribution in [0.25, 0.3) is 0 Å². The minimum Gasteiger partial charge on any atom is -0.339 e. The Bertz CT molecular complexity index is 618. The highest BCUT2D eigenvalue weighted by molar-refractivity contribution is 6.33. The van der Waals surface area contributed by atoms with Crippen LogP contribution in [-0.4, -0.2) is 9.97 Å². The molecule has 0 amide bonds. The van der Waals surface area contributed by atoms with Crippen LogP contribution in [0.5, 0.6) is 0 Å². The van der Waals surface area contributed by atoms with Gasteiger partial charge in [-0.3, -0.25) is 0 Å². The molecule has 0 spiro atoms. The number of halogens is 2. The Morgan fingerprint density at radius 1 is 1.25 bits per heavy atom. The highest BCUT2D eigenvalue weighted by Gasteiger charge is 2.15. The van der Waals surface area contributed by atoms with E-state index in [9.17, 15) is 4.39 Å². The summed E-state index contributed by atoms with van der Waals surface area (Å²) in [5, 5.41) is 3.36. The molecule has 7 heteroatoms. The van der Waals surface area contributed by atoms with E-state index in [0.29, 0.717) is 17.3 Å². The smallest absolute Gasteiger partial charge is 0.148 e. The van der Waals surface area contributed by atoms with E-state index in [2.05, 4.69) is 20.7 Å². The molecule has 0 aliphatic heterocycles. The Morgan fingerprint density at radius 2 is 1.95 bits per heavy atom. The fourth-order valence-corrected chi connectivity index (χ4v) is 2.09. The first-order chi connectivity index (χ1) is 9.52. The molecule has 1 aromatic heterocycles. The van der Waals surface area contributed by atoms with Gasteiger partial charge in [-0.1, -0.05) is 25.4 Å². The number of nitrogens with two attached hydrogens (primary N) is 1. The van der Waals surface area contributed by atoms with E-state index in [1.165, 1.54) is 18.5 Å². The van der Waals surface area contributed by atoms with Crippen LogP contribution >= 0.6 is 11.6 Å². The van der Waals surface area contributed by atoms with Gasteiger partial charge < -0.3 is 10.7 Å². The molecule has 20 heavy (non-hydrogen) atoms. The van der Waals surface area contributed by atoms with Crippen molar-refractivity contribution in [2.45, 2.75) is 19.8 Å². The van der Waals surface area contributed by atoms with E-state index in [1.807, 2.05) is 13.8 Å². The zero-order chi connectivity index (χ0) is 14.7. The molecule has 0 unspecified atom stereocenters. The number of nitrogens with one attached hydrogen (secondary N) is 2. The monoisotopic (exact) mass is 295 g/mol. The van der Waals surface area contributed by atoms with Gasteiger partial charge in [-0.25, -0.2) is 20.2 Å². The molecule has 0 aliphatic rings. The standard InChI is InChI=1S/C13H15ClFN5/c1-7(2)11-12(17-6-18-13(11)20-16)19-10-4-3-8(15)5-9(10)14/h3-7H,16H2,1-2H3,(H2,17,18,19,20). The zero-order valence-corrected chi connectivity index (χ0v) is 11.9. The minimum atomic E-state index is -0.392. The minimum absolute atomic E-state index is 0.143. The van der Waals surface area contributed by atoms with Gasteiger partial charge >= 0.3 is 0 Å². The maximum absolute atomic E-state index is 13.0. The first-order valence-electron chi connectivity index (χ1n) is 6.06. The van der Waals surface area contributed by atoms with Gasteiger partial charge in [0, 0.05) is 5.56 Å². The largest absolute Gasteiger partial charge is 0.339 e. The summed E-state index contributed by atoms with van der Waals surface area (Å²) in [6.07, 6.45) is 1.39. The third kappa shape index (κ3) is 2.97. The Labute approximate surface area is 121 Å². The lowest BCUT2D eigenvalue weighted by Gasteiger charge is -2.17. The van der Waals surface area contributed by atoms with Crippen molar-refractivity contribution in [2.24, 2.45) is 5.84 Å². The summed E-state index contributed by atoms with van der Waals surface area (Å²) < 4.78 is 13.0. The number of hydrogen-bond donors (Lipinski definition) is 3. The van der Waals surface area contributed by atoms with Crippen LogP contribution in [0.4, 0.5) is 21.7 Å². The molecular formula is C13H15ClFN5. The molecule has 0 saturated carbocycles. The highest BCUT2D eigenvalue weighted by atomic mass is 35.5. The highest BCUT2D eigenvalue weighted by Crippen LogP contribution is 2.32. The van der Waals surface area contributed by atoms with Crippen molar-refractivity contribution in [2.75, 3.05) is 10.7 Å². The van der Waals surface area contributed by atoms with Gasteiger partial charge in [-0.2, -0.15) is 0 Å². The van der Waals surface area contributed by atoms with Crippen molar-refractivity contribution in [1.82, 2.24) is 9.97 Å². The van der Waals surface area contributed by atoms with Crippen LogP contribution in [0.15, 0.2) is 24.5 Å². The molecule has 1 aromatic carbocycles. The number of hydrazine groups is 1. The summed E-state index contributed by atoms with van der Waals surface area (Å²) in [5.41, 5.74) is 3.94. The maximum Gasteiger partial charge on any atom is 0.148 e. The third-order valence-corrected chi connectivity index (χ3v) is 3.09. The van der Waals surface area contributed by atoms with Crippen molar-refractivity contribution in [3.8, 4) is 0 Å². The van der Waals surface area contributed by atoms with Crippen LogP contribution in [0, 0.1) is 5.82 Å². The first-order valence-corrected chi connectivity index (χ1v) is 6.44. The molecular weight excluding hydrogens is 281 g/mol. The van der Waals surface area contributed by atoms with Gasteiger partial charge in [0.1, 0.15) is 23.8 Å². The second kappa shape index (κ2) is 6.02. The van der Waals surface area contributed by atoms with Gasteiger partial charge in [0.05, 0.1) is 10.7 Å². The summed E-state index contributed by atoms with van der Waals surface area (Å²) in [7, 11) is 0. The van der Waals surface area contributed by atoms with Crippen molar-refractivity contribution in [3.05, 3.63) is 40.9 Å². The average Bonchev–Trinajstić information content (AvgIpc) is 2.41. The number of nitrogens with zero attached hydrogens (tertiary/aromatic N) is 2. The molecule has 1 heterocycles.